The molecule has 6 heteroatoms. The smallest absolute Gasteiger partial charge is 0.315 e. The van der Waals surface area contributed by atoms with Gasteiger partial charge in [-0.15, -0.1) is 0 Å². The summed E-state index contributed by atoms with van der Waals surface area (Å²) in [6.45, 7) is 7.50. The van der Waals surface area contributed by atoms with Gasteiger partial charge in [0.15, 0.2) is 0 Å². The summed E-state index contributed by atoms with van der Waals surface area (Å²) in [6.07, 6.45) is 0.157. The maximum atomic E-state index is 11.2. The zero-order valence-corrected chi connectivity index (χ0v) is 11.6. The molecule has 2 N–H and O–H groups in total. The van der Waals surface area contributed by atoms with E-state index in [1.165, 1.54) is 0 Å². The molecule has 0 aliphatic carbocycles. The zero-order chi connectivity index (χ0) is 14.3. The number of nitrogens with one attached hydrogen (secondary N) is 2. The molecule has 0 aliphatic heterocycles. The van der Waals surface area contributed by atoms with Gasteiger partial charge in [-0.1, -0.05) is 6.07 Å². The lowest BCUT2D eigenvalue weighted by atomic mass is 10.2. The maximum Gasteiger partial charge on any atom is 0.315 e. The van der Waals surface area contributed by atoms with Crippen LogP contribution in [0.15, 0.2) is 18.2 Å². The first-order chi connectivity index (χ1) is 9.06. The lowest BCUT2D eigenvalue weighted by Gasteiger charge is -2.12. The van der Waals surface area contributed by atoms with Crippen molar-refractivity contribution in [2.45, 2.75) is 26.9 Å². The molecule has 0 bridgehead atoms. The molecule has 0 fully saturated rings. The van der Waals surface area contributed by atoms with Crippen LogP contribution < -0.4 is 10.6 Å². The van der Waals surface area contributed by atoms with Crippen LogP contribution in [0.5, 0.6) is 0 Å². The third-order valence-corrected chi connectivity index (χ3v) is 2.45. The van der Waals surface area contributed by atoms with Gasteiger partial charge in [0.1, 0.15) is 11.4 Å². The fourth-order valence-electron chi connectivity index (χ4n) is 1.70. The predicted octanol–water partition coefficient (Wildman–Crippen LogP) is 2.86. The van der Waals surface area contributed by atoms with Crippen LogP contribution in [0, 0.1) is 10.1 Å². The highest BCUT2D eigenvalue weighted by molar-refractivity contribution is 5.76. The highest BCUT2D eigenvalue weighted by atomic mass is 16.6. The summed E-state index contributed by atoms with van der Waals surface area (Å²) in [5, 5.41) is 17.2. The summed E-state index contributed by atoms with van der Waals surface area (Å²) >= 11 is 0. The quantitative estimate of drug-likeness (QED) is 0.430. The van der Waals surface area contributed by atoms with Crippen molar-refractivity contribution in [2.75, 3.05) is 30.3 Å². The summed E-state index contributed by atoms with van der Waals surface area (Å²) < 4.78 is 5.39. The molecule has 0 spiro atoms. The largest absolute Gasteiger partial charge is 0.380 e. The van der Waals surface area contributed by atoms with E-state index in [1.54, 1.807) is 18.2 Å². The molecule has 0 saturated heterocycles. The molecule has 106 valence electrons. The molecule has 1 rings (SSSR count). The molecular formula is C13H21N3O3. The maximum absolute atomic E-state index is 11.2. The zero-order valence-electron chi connectivity index (χ0n) is 11.6. The van der Waals surface area contributed by atoms with Crippen LogP contribution >= 0.6 is 0 Å². The predicted molar refractivity (Wildman–Crippen MR) is 76.8 cm³/mol. The van der Waals surface area contributed by atoms with Crippen LogP contribution in [0.3, 0.4) is 0 Å². The van der Waals surface area contributed by atoms with E-state index in [2.05, 4.69) is 10.6 Å². The first kappa shape index (κ1) is 15.2. The summed E-state index contributed by atoms with van der Waals surface area (Å²) in [4.78, 5) is 10.8. The normalized spacial score (nSPS) is 10.5. The molecule has 1 aromatic rings. The fraction of sp³-hybridized carbons (Fsp3) is 0.538. The van der Waals surface area contributed by atoms with Gasteiger partial charge in [0.05, 0.1) is 17.6 Å². The number of para-hydroxylation sites is 1. The Labute approximate surface area is 113 Å². The number of rotatable bonds is 8. The second kappa shape index (κ2) is 7.58. The van der Waals surface area contributed by atoms with E-state index in [0.29, 0.717) is 31.1 Å². The van der Waals surface area contributed by atoms with Crippen LogP contribution in [0.1, 0.15) is 20.8 Å². The summed E-state index contributed by atoms with van der Waals surface area (Å²) in [5.41, 5.74) is 1.12. The van der Waals surface area contributed by atoms with Gasteiger partial charge in [-0.25, -0.2) is 0 Å². The Balaban J connectivity index is 2.76. The standard InChI is InChI=1S/C13H21N3O3/c1-4-14-11-6-5-7-12(13(11)16(17)18)15-8-9-19-10(2)3/h5-7,10,14-15H,4,8-9H2,1-3H3. The van der Waals surface area contributed by atoms with Crippen molar-refractivity contribution < 1.29 is 9.66 Å². The lowest BCUT2D eigenvalue weighted by molar-refractivity contribution is -0.383. The number of hydrogen-bond donors (Lipinski definition) is 2. The molecule has 0 atom stereocenters. The van der Waals surface area contributed by atoms with Crippen molar-refractivity contribution in [1.29, 1.82) is 0 Å². The van der Waals surface area contributed by atoms with E-state index >= 15 is 0 Å². The number of benzene rings is 1. The van der Waals surface area contributed by atoms with Crippen LogP contribution in [-0.2, 0) is 4.74 Å². The highest BCUT2D eigenvalue weighted by Crippen LogP contribution is 2.32. The SMILES string of the molecule is CCNc1cccc(NCCOC(C)C)c1[N+](=O)[O-]. The average molecular weight is 267 g/mol. The molecule has 6 nitrogen and oxygen atoms in total. The Kier molecular flexibility index (Phi) is 6.08. The summed E-state index contributed by atoms with van der Waals surface area (Å²) in [7, 11) is 0. The molecule has 0 amide bonds. The van der Waals surface area contributed by atoms with E-state index in [1.807, 2.05) is 20.8 Å². The third-order valence-electron chi connectivity index (χ3n) is 2.45. The fourth-order valence-corrected chi connectivity index (χ4v) is 1.70. The number of nitro benzene ring substituents is 1. The summed E-state index contributed by atoms with van der Waals surface area (Å²) in [6, 6.07) is 5.20. The van der Waals surface area contributed by atoms with Gasteiger partial charge in [0.25, 0.3) is 0 Å². The molecule has 0 radical (unpaired) electrons. The number of nitro groups is 1. The average Bonchev–Trinajstić information content (AvgIpc) is 2.34. The Morgan fingerprint density at radius 1 is 1.32 bits per heavy atom. The molecule has 19 heavy (non-hydrogen) atoms. The molecular weight excluding hydrogens is 246 g/mol. The van der Waals surface area contributed by atoms with Crippen LogP contribution in [0.2, 0.25) is 0 Å². The Hall–Kier alpha value is -1.82. The topological polar surface area (TPSA) is 76.4 Å². The number of nitrogens with zero attached hydrogens (tertiary/aromatic N) is 1. The van der Waals surface area contributed by atoms with Gasteiger partial charge in [-0.2, -0.15) is 0 Å². The molecule has 0 unspecified atom stereocenters. The van der Waals surface area contributed by atoms with Crippen LogP contribution in [0.4, 0.5) is 17.1 Å². The van der Waals surface area contributed by atoms with Gasteiger partial charge in [-0.3, -0.25) is 10.1 Å². The van der Waals surface area contributed by atoms with Gasteiger partial charge in [-0.05, 0) is 32.9 Å². The minimum Gasteiger partial charge on any atom is -0.380 e. The van der Waals surface area contributed by atoms with Crippen molar-refractivity contribution in [2.24, 2.45) is 0 Å². The number of ether oxygens (including phenoxy) is 1. The van der Waals surface area contributed by atoms with E-state index in [9.17, 15) is 10.1 Å². The van der Waals surface area contributed by atoms with Gasteiger partial charge < -0.3 is 15.4 Å². The van der Waals surface area contributed by atoms with E-state index in [-0.39, 0.29) is 16.7 Å². The number of hydrogen-bond acceptors (Lipinski definition) is 5. The van der Waals surface area contributed by atoms with Crippen molar-refractivity contribution in [3.05, 3.63) is 28.3 Å². The Morgan fingerprint density at radius 2 is 1.95 bits per heavy atom. The molecule has 1 aromatic carbocycles. The third kappa shape index (κ3) is 4.75. The first-order valence-electron chi connectivity index (χ1n) is 6.43. The molecule has 0 aromatic heterocycles. The van der Waals surface area contributed by atoms with Gasteiger partial charge >= 0.3 is 5.69 Å². The molecule has 0 heterocycles. The van der Waals surface area contributed by atoms with Crippen LogP contribution in [0.25, 0.3) is 0 Å². The highest BCUT2D eigenvalue weighted by Gasteiger charge is 2.18. The van der Waals surface area contributed by atoms with Crippen LogP contribution in [-0.4, -0.2) is 30.7 Å². The first-order valence-corrected chi connectivity index (χ1v) is 6.43. The minimum absolute atomic E-state index is 0.0777. The van der Waals surface area contributed by atoms with Gasteiger partial charge in [0.2, 0.25) is 0 Å². The van der Waals surface area contributed by atoms with E-state index < -0.39 is 0 Å². The van der Waals surface area contributed by atoms with Crippen molar-refractivity contribution >= 4 is 17.1 Å². The summed E-state index contributed by atoms with van der Waals surface area (Å²) in [5.74, 6) is 0. The Bertz CT molecular complexity index is 422. The second-order valence-corrected chi connectivity index (χ2v) is 4.34. The molecule has 0 saturated carbocycles. The minimum atomic E-state index is -0.371. The lowest BCUT2D eigenvalue weighted by Crippen LogP contribution is -2.14. The number of anilines is 2. The second-order valence-electron chi connectivity index (χ2n) is 4.34. The van der Waals surface area contributed by atoms with E-state index in [4.69, 9.17) is 4.74 Å². The van der Waals surface area contributed by atoms with Crippen molar-refractivity contribution in [3.8, 4) is 0 Å². The van der Waals surface area contributed by atoms with Crippen molar-refractivity contribution in [3.63, 3.8) is 0 Å². The molecule has 0 aliphatic rings. The monoisotopic (exact) mass is 267 g/mol. The Morgan fingerprint density at radius 3 is 2.47 bits per heavy atom. The van der Waals surface area contributed by atoms with E-state index in [0.717, 1.165) is 0 Å². The van der Waals surface area contributed by atoms with Gasteiger partial charge in [0, 0.05) is 13.1 Å². The van der Waals surface area contributed by atoms with Crippen molar-refractivity contribution in [1.82, 2.24) is 0 Å².